The van der Waals surface area contributed by atoms with Gasteiger partial charge in [0.15, 0.2) is 0 Å². The maximum atomic E-state index is 12.8. The topological polar surface area (TPSA) is 32.3 Å². The van der Waals surface area contributed by atoms with Crippen molar-refractivity contribution in [3.8, 4) is 0 Å². The first-order valence-corrected chi connectivity index (χ1v) is 9.52. The second kappa shape index (κ2) is 9.23. The van der Waals surface area contributed by atoms with E-state index in [2.05, 4.69) is 36.5 Å². The van der Waals surface area contributed by atoms with Crippen molar-refractivity contribution >= 4 is 6.03 Å². The molecule has 2 aromatic rings. The van der Waals surface area contributed by atoms with E-state index in [1.54, 1.807) is 0 Å². The lowest BCUT2D eigenvalue weighted by Gasteiger charge is -2.23. The third kappa shape index (κ3) is 5.22. The second-order valence-electron chi connectivity index (χ2n) is 7.15. The Hall–Kier alpha value is -2.55. The van der Waals surface area contributed by atoms with Gasteiger partial charge in [-0.3, -0.25) is 0 Å². The Morgan fingerprint density at radius 3 is 1.96 bits per heavy atom. The molecule has 0 heterocycles. The summed E-state index contributed by atoms with van der Waals surface area (Å²) in [6, 6.07) is 20.2. The van der Waals surface area contributed by atoms with Crippen LogP contribution in [0.15, 0.2) is 72.4 Å². The molecule has 0 spiro atoms. The van der Waals surface area contributed by atoms with Crippen molar-refractivity contribution in [1.29, 1.82) is 0 Å². The molecule has 2 aromatic carbocycles. The van der Waals surface area contributed by atoms with E-state index < -0.39 is 0 Å². The van der Waals surface area contributed by atoms with Crippen LogP contribution < -0.4 is 5.32 Å². The molecule has 0 unspecified atom stereocenters. The fourth-order valence-electron chi connectivity index (χ4n) is 3.57. The highest BCUT2D eigenvalue weighted by Gasteiger charge is 2.18. The van der Waals surface area contributed by atoms with E-state index in [0.29, 0.717) is 19.0 Å². The zero-order valence-corrected chi connectivity index (χ0v) is 15.5. The summed E-state index contributed by atoms with van der Waals surface area (Å²) in [4.78, 5) is 14.7. The van der Waals surface area contributed by atoms with Crippen LogP contribution >= 0.6 is 0 Å². The number of amides is 2. The summed E-state index contributed by atoms with van der Waals surface area (Å²) in [5.74, 6) is 0.631. The highest BCUT2D eigenvalue weighted by Crippen LogP contribution is 2.30. The molecule has 1 saturated carbocycles. The molecule has 26 heavy (non-hydrogen) atoms. The zero-order valence-electron chi connectivity index (χ0n) is 15.5. The van der Waals surface area contributed by atoms with Gasteiger partial charge >= 0.3 is 6.03 Å². The minimum atomic E-state index is -0.0462. The average molecular weight is 348 g/mol. The zero-order chi connectivity index (χ0) is 18.2. The number of urea groups is 1. The maximum absolute atomic E-state index is 12.8. The Balaban J connectivity index is 1.68. The molecule has 3 rings (SSSR count). The monoisotopic (exact) mass is 348 g/mol. The van der Waals surface area contributed by atoms with Crippen LogP contribution in [0.2, 0.25) is 0 Å². The van der Waals surface area contributed by atoms with E-state index in [-0.39, 0.29) is 6.03 Å². The number of rotatable bonds is 6. The van der Waals surface area contributed by atoms with Gasteiger partial charge in [0.2, 0.25) is 0 Å². The van der Waals surface area contributed by atoms with E-state index in [1.165, 1.54) is 31.3 Å². The van der Waals surface area contributed by atoms with Crippen LogP contribution in [0, 0.1) is 5.92 Å². The number of nitrogens with one attached hydrogen (secondary N) is 1. The number of hydrogen-bond donors (Lipinski definition) is 1. The minimum absolute atomic E-state index is 0.0462. The number of nitrogens with zero attached hydrogens (tertiary/aromatic N) is 1. The molecule has 1 aliphatic carbocycles. The Morgan fingerprint density at radius 1 is 0.962 bits per heavy atom. The van der Waals surface area contributed by atoms with Crippen LogP contribution in [0.4, 0.5) is 4.79 Å². The molecule has 3 heteroatoms. The van der Waals surface area contributed by atoms with Crippen molar-refractivity contribution in [3.05, 3.63) is 83.6 Å². The summed E-state index contributed by atoms with van der Waals surface area (Å²) >= 11 is 0. The van der Waals surface area contributed by atoms with Crippen molar-refractivity contribution in [1.82, 2.24) is 10.2 Å². The van der Waals surface area contributed by atoms with E-state index in [0.717, 1.165) is 11.1 Å². The van der Waals surface area contributed by atoms with E-state index in [4.69, 9.17) is 0 Å². The van der Waals surface area contributed by atoms with Gasteiger partial charge in [0.25, 0.3) is 0 Å². The fourth-order valence-corrected chi connectivity index (χ4v) is 3.57. The second-order valence-corrected chi connectivity index (χ2v) is 7.15. The van der Waals surface area contributed by atoms with E-state index in [1.807, 2.05) is 47.5 Å². The van der Waals surface area contributed by atoms with E-state index in [9.17, 15) is 4.79 Å². The lowest BCUT2D eigenvalue weighted by Crippen LogP contribution is -2.37. The van der Waals surface area contributed by atoms with Crippen LogP contribution in [-0.4, -0.2) is 10.9 Å². The van der Waals surface area contributed by atoms with Gasteiger partial charge in [0.05, 0.1) is 0 Å². The fraction of sp³-hybridized carbons (Fsp3) is 0.348. The molecule has 0 saturated heterocycles. The highest BCUT2D eigenvalue weighted by atomic mass is 16.2. The third-order valence-corrected chi connectivity index (χ3v) is 5.14. The molecule has 2 amide bonds. The lowest BCUT2D eigenvalue weighted by atomic mass is 10.0. The van der Waals surface area contributed by atoms with Crippen LogP contribution in [0.1, 0.15) is 43.7 Å². The SMILES string of the molecule is C/C(=C\NC(=O)N(Cc1ccccc1)Cc1ccccc1)C1CCCC1. The molecule has 1 N–H and O–H groups in total. The van der Waals surface area contributed by atoms with Crippen molar-refractivity contribution < 1.29 is 4.79 Å². The molecular weight excluding hydrogens is 320 g/mol. The smallest absolute Gasteiger partial charge is 0.316 e. The Kier molecular flexibility index (Phi) is 6.48. The predicted octanol–water partition coefficient (Wildman–Crippen LogP) is 5.49. The first-order chi connectivity index (χ1) is 12.7. The molecular formula is C23H28N2O. The lowest BCUT2D eigenvalue weighted by molar-refractivity contribution is 0.196. The normalized spacial score (nSPS) is 15.0. The summed E-state index contributed by atoms with van der Waals surface area (Å²) in [7, 11) is 0. The number of benzene rings is 2. The first kappa shape index (κ1) is 18.2. The van der Waals surface area contributed by atoms with Crippen LogP contribution in [0.25, 0.3) is 0 Å². The largest absolute Gasteiger partial charge is 0.321 e. The molecule has 0 bridgehead atoms. The summed E-state index contributed by atoms with van der Waals surface area (Å²) in [5.41, 5.74) is 3.56. The molecule has 1 fully saturated rings. The Morgan fingerprint density at radius 2 is 1.46 bits per heavy atom. The van der Waals surface area contributed by atoms with Crippen LogP contribution in [-0.2, 0) is 13.1 Å². The molecule has 0 aromatic heterocycles. The van der Waals surface area contributed by atoms with Crippen LogP contribution in [0.3, 0.4) is 0 Å². The quantitative estimate of drug-likeness (QED) is 0.735. The van der Waals surface area contributed by atoms with Gasteiger partial charge in [-0.2, -0.15) is 0 Å². The average Bonchev–Trinajstić information content (AvgIpc) is 3.22. The summed E-state index contributed by atoms with van der Waals surface area (Å²) < 4.78 is 0. The molecule has 0 radical (unpaired) electrons. The molecule has 0 atom stereocenters. The summed E-state index contributed by atoms with van der Waals surface area (Å²) in [6.07, 6.45) is 7.02. The van der Waals surface area contributed by atoms with Gasteiger partial charge in [-0.05, 0) is 36.8 Å². The molecule has 0 aliphatic heterocycles. The number of carbonyl (C=O) groups excluding carboxylic acids is 1. The van der Waals surface area contributed by atoms with Gasteiger partial charge in [0.1, 0.15) is 0 Å². The van der Waals surface area contributed by atoms with Gasteiger partial charge < -0.3 is 10.2 Å². The Bertz CT molecular complexity index is 677. The number of allylic oxidation sites excluding steroid dienone is 1. The third-order valence-electron chi connectivity index (χ3n) is 5.14. The molecule has 1 aliphatic rings. The van der Waals surface area contributed by atoms with Crippen LogP contribution in [0.5, 0.6) is 0 Å². The molecule has 3 nitrogen and oxygen atoms in total. The van der Waals surface area contributed by atoms with E-state index >= 15 is 0 Å². The highest BCUT2D eigenvalue weighted by molar-refractivity contribution is 5.75. The minimum Gasteiger partial charge on any atom is -0.316 e. The van der Waals surface area contributed by atoms with Gasteiger partial charge in [-0.1, -0.05) is 79.1 Å². The van der Waals surface area contributed by atoms with Gasteiger partial charge in [-0.25, -0.2) is 4.79 Å². The van der Waals surface area contributed by atoms with Crippen molar-refractivity contribution in [2.45, 2.75) is 45.7 Å². The molecule has 136 valence electrons. The Labute approximate surface area is 156 Å². The maximum Gasteiger partial charge on any atom is 0.321 e. The first-order valence-electron chi connectivity index (χ1n) is 9.52. The number of carbonyl (C=O) groups is 1. The van der Waals surface area contributed by atoms with Crippen molar-refractivity contribution in [2.24, 2.45) is 5.92 Å². The van der Waals surface area contributed by atoms with Crippen molar-refractivity contribution in [2.75, 3.05) is 0 Å². The van der Waals surface area contributed by atoms with Gasteiger partial charge in [0, 0.05) is 19.3 Å². The van der Waals surface area contributed by atoms with Gasteiger partial charge in [-0.15, -0.1) is 0 Å². The van der Waals surface area contributed by atoms with Crippen molar-refractivity contribution in [3.63, 3.8) is 0 Å². The predicted molar refractivity (Wildman–Crippen MR) is 106 cm³/mol. The number of hydrogen-bond acceptors (Lipinski definition) is 1. The summed E-state index contributed by atoms with van der Waals surface area (Å²) in [6.45, 7) is 3.32. The summed E-state index contributed by atoms with van der Waals surface area (Å²) in [5, 5.41) is 3.02. The standard InChI is InChI=1S/C23H28N2O/c1-19(22-14-8-9-15-22)16-24-23(26)25(17-20-10-4-2-5-11-20)18-21-12-6-3-7-13-21/h2-7,10-13,16,22H,8-9,14-15,17-18H2,1H3,(H,24,26)/b19-16+.